The molecular formula is C17H19ClN4O3. The molecule has 132 valence electrons. The molecule has 0 bridgehead atoms. The van der Waals surface area contributed by atoms with Gasteiger partial charge in [0.2, 0.25) is 0 Å². The van der Waals surface area contributed by atoms with Gasteiger partial charge in [-0.05, 0) is 49.2 Å². The van der Waals surface area contributed by atoms with Crippen LogP contribution in [-0.4, -0.2) is 42.0 Å². The second-order valence-electron chi connectivity index (χ2n) is 5.61. The van der Waals surface area contributed by atoms with E-state index in [-0.39, 0.29) is 18.6 Å². The summed E-state index contributed by atoms with van der Waals surface area (Å²) in [6.45, 7) is 1.40. The van der Waals surface area contributed by atoms with Crippen molar-refractivity contribution >= 4 is 29.1 Å². The van der Waals surface area contributed by atoms with Crippen molar-refractivity contribution in [2.24, 2.45) is 0 Å². The molecule has 1 aliphatic heterocycles. The van der Waals surface area contributed by atoms with Crippen LogP contribution in [0.15, 0.2) is 36.4 Å². The number of rotatable bonds is 7. The van der Waals surface area contributed by atoms with Gasteiger partial charge in [-0.25, -0.2) is 0 Å². The van der Waals surface area contributed by atoms with E-state index in [2.05, 4.69) is 20.8 Å². The molecule has 0 aliphatic carbocycles. The summed E-state index contributed by atoms with van der Waals surface area (Å²) in [7, 11) is 0. The first-order chi connectivity index (χ1) is 12.2. The number of nitrogens with one attached hydrogen (secondary N) is 2. The van der Waals surface area contributed by atoms with Crippen LogP contribution in [0.4, 0.5) is 11.6 Å². The van der Waals surface area contributed by atoms with E-state index in [0.717, 1.165) is 19.4 Å². The molecule has 0 spiro atoms. The Balaban J connectivity index is 1.42. The maximum Gasteiger partial charge on any atom is 0.263 e. The number of carbonyl (C=O) groups is 1. The summed E-state index contributed by atoms with van der Waals surface area (Å²) in [6, 6.07) is 10.2. The molecule has 25 heavy (non-hydrogen) atoms. The van der Waals surface area contributed by atoms with Crippen LogP contribution in [-0.2, 0) is 9.53 Å². The van der Waals surface area contributed by atoms with E-state index >= 15 is 0 Å². The quantitative estimate of drug-likeness (QED) is 0.787. The lowest BCUT2D eigenvalue weighted by atomic mass is 10.2. The molecule has 1 saturated heterocycles. The van der Waals surface area contributed by atoms with Crippen LogP contribution in [0.5, 0.6) is 5.75 Å². The van der Waals surface area contributed by atoms with Crippen molar-refractivity contribution in [2.45, 2.75) is 18.9 Å². The van der Waals surface area contributed by atoms with Crippen molar-refractivity contribution in [3.8, 4) is 5.75 Å². The van der Waals surface area contributed by atoms with E-state index in [1.54, 1.807) is 36.4 Å². The summed E-state index contributed by atoms with van der Waals surface area (Å²) in [5, 5.41) is 14.4. The molecule has 3 rings (SSSR count). The van der Waals surface area contributed by atoms with Crippen molar-refractivity contribution in [3.05, 3.63) is 41.4 Å². The number of carbonyl (C=O) groups excluding carboxylic acids is 1. The summed E-state index contributed by atoms with van der Waals surface area (Å²) in [6.07, 6.45) is 2.38. The monoisotopic (exact) mass is 362 g/mol. The molecular weight excluding hydrogens is 344 g/mol. The summed E-state index contributed by atoms with van der Waals surface area (Å²) in [5.74, 6) is 1.27. The maximum absolute atomic E-state index is 11.9. The Morgan fingerprint density at radius 2 is 1.96 bits per heavy atom. The van der Waals surface area contributed by atoms with Crippen molar-refractivity contribution in [2.75, 3.05) is 30.4 Å². The minimum atomic E-state index is -0.315. The molecule has 1 atom stereocenters. The highest BCUT2D eigenvalue weighted by Gasteiger charge is 2.15. The number of halogens is 1. The van der Waals surface area contributed by atoms with Gasteiger partial charge in [-0.3, -0.25) is 4.79 Å². The van der Waals surface area contributed by atoms with Gasteiger partial charge in [-0.1, -0.05) is 11.6 Å². The second kappa shape index (κ2) is 8.64. The minimum Gasteiger partial charge on any atom is -0.484 e. The van der Waals surface area contributed by atoms with Crippen molar-refractivity contribution < 1.29 is 14.3 Å². The molecule has 0 radical (unpaired) electrons. The molecule has 1 aromatic heterocycles. The Morgan fingerprint density at radius 1 is 1.20 bits per heavy atom. The van der Waals surface area contributed by atoms with E-state index < -0.39 is 0 Å². The highest BCUT2D eigenvalue weighted by Crippen LogP contribution is 2.16. The van der Waals surface area contributed by atoms with Crippen molar-refractivity contribution in [1.29, 1.82) is 0 Å². The van der Waals surface area contributed by atoms with Crippen LogP contribution in [0.25, 0.3) is 0 Å². The predicted molar refractivity (Wildman–Crippen MR) is 95.1 cm³/mol. The van der Waals surface area contributed by atoms with Gasteiger partial charge in [0.1, 0.15) is 11.6 Å². The number of aromatic nitrogens is 2. The van der Waals surface area contributed by atoms with Crippen molar-refractivity contribution in [3.63, 3.8) is 0 Å². The zero-order valence-electron chi connectivity index (χ0n) is 13.6. The molecule has 2 heterocycles. The van der Waals surface area contributed by atoms with Gasteiger partial charge < -0.3 is 20.1 Å². The molecule has 1 aromatic carbocycles. The SMILES string of the molecule is O=C(COc1ccc(Cl)cc1)Nc1ccc(NCC2CCCO2)nn1. The first-order valence-corrected chi connectivity index (χ1v) is 8.44. The van der Waals surface area contributed by atoms with Crippen LogP contribution in [0, 0.1) is 0 Å². The fraction of sp³-hybridized carbons (Fsp3) is 0.353. The molecule has 2 N–H and O–H groups in total. The summed E-state index contributed by atoms with van der Waals surface area (Å²) in [5.41, 5.74) is 0. The fourth-order valence-corrected chi connectivity index (χ4v) is 2.50. The van der Waals surface area contributed by atoms with Crippen LogP contribution < -0.4 is 15.4 Å². The third-order valence-electron chi connectivity index (χ3n) is 3.65. The van der Waals surface area contributed by atoms with E-state index in [1.807, 2.05) is 0 Å². The normalized spacial score (nSPS) is 16.4. The van der Waals surface area contributed by atoms with Crippen LogP contribution >= 0.6 is 11.6 Å². The zero-order chi connectivity index (χ0) is 17.5. The van der Waals surface area contributed by atoms with Gasteiger partial charge in [0.15, 0.2) is 12.4 Å². The first kappa shape index (κ1) is 17.4. The van der Waals surface area contributed by atoms with E-state index in [0.29, 0.717) is 29.0 Å². The van der Waals surface area contributed by atoms with Crippen LogP contribution in [0.2, 0.25) is 5.02 Å². The van der Waals surface area contributed by atoms with Gasteiger partial charge >= 0.3 is 0 Å². The van der Waals surface area contributed by atoms with Crippen LogP contribution in [0.1, 0.15) is 12.8 Å². The molecule has 1 amide bonds. The van der Waals surface area contributed by atoms with Gasteiger partial charge in [-0.2, -0.15) is 0 Å². The van der Waals surface area contributed by atoms with Gasteiger partial charge in [0.05, 0.1) is 6.10 Å². The van der Waals surface area contributed by atoms with Crippen LogP contribution in [0.3, 0.4) is 0 Å². The first-order valence-electron chi connectivity index (χ1n) is 8.06. The zero-order valence-corrected chi connectivity index (χ0v) is 14.3. The Bertz CT molecular complexity index is 688. The fourth-order valence-electron chi connectivity index (χ4n) is 2.38. The topological polar surface area (TPSA) is 85.4 Å². The third kappa shape index (κ3) is 5.58. The summed E-state index contributed by atoms with van der Waals surface area (Å²) in [4.78, 5) is 11.9. The van der Waals surface area contributed by atoms with E-state index in [4.69, 9.17) is 21.1 Å². The lowest BCUT2D eigenvalue weighted by Gasteiger charge is -2.11. The summed E-state index contributed by atoms with van der Waals surface area (Å²) >= 11 is 5.79. The van der Waals surface area contributed by atoms with Crippen molar-refractivity contribution in [1.82, 2.24) is 10.2 Å². The Hall–Kier alpha value is -2.38. The average molecular weight is 363 g/mol. The largest absolute Gasteiger partial charge is 0.484 e. The predicted octanol–water partition coefficient (Wildman–Crippen LogP) is 2.74. The highest BCUT2D eigenvalue weighted by atomic mass is 35.5. The Morgan fingerprint density at radius 3 is 2.64 bits per heavy atom. The number of benzene rings is 1. The maximum atomic E-state index is 11.9. The number of hydrogen-bond donors (Lipinski definition) is 2. The third-order valence-corrected chi connectivity index (χ3v) is 3.90. The number of anilines is 2. The van der Waals surface area contributed by atoms with Gasteiger partial charge in [0, 0.05) is 18.2 Å². The molecule has 1 unspecified atom stereocenters. The molecule has 0 saturated carbocycles. The Kier molecular flexibility index (Phi) is 6.03. The van der Waals surface area contributed by atoms with Gasteiger partial charge in [-0.15, -0.1) is 10.2 Å². The minimum absolute atomic E-state index is 0.123. The Labute approximate surface area is 150 Å². The smallest absolute Gasteiger partial charge is 0.263 e. The number of hydrogen-bond acceptors (Lipinski definition) is 6. The van der Waals surface area contributed by atoms with Gasteiger partial charge in [0.25, 0.3) is 5.91 Å². The summed E-state index contributed by atoms with van der Waals surface area (Å²) < 4.78 is 10.9. The lowest BCUT2D eigenvalue weighted by Crippen LogP contribution is -2.21. The standard InChI is InChI=1S/C17H19ClN4O3/c18-12-3-5-13(6-4-12)25-11-17(23)20-16-8-7-15(21-22-16)19-10-14-2-1-9-24-14/h3-8,14H,1-2,9-11H2,(H,19,21)(H,20,22,23). The molecule has 1 aliphatic rings. The molecule has 8 heteroatoms. The van der Waals surface area contributed by atoms with E-state index in [9.17, 15) is 4.79 Å². The molecule has 1 fully saturated rings. The second-order valence-corrected chi connectivity index (χ2v) is 6.05. The molecule has 2 aromatic rings. The highest BCUT2D eigenvalue weighted by molar-refractivity contribution is 6.30. The van der Waals surface area contributed by atoms with E-state index in [1.165, 1.54) is 0 Å². The number of nitrogens with zero attached hydrogens (tertiary/aromatic N) is 2. The molecule has 7 nitrogen and oxygen atoms in total. The lowest BCUT2D eigenvalue weighted by molar-refractivity contribution is -0.118. The number of amides is 1. The number of ether oxygens (including phenoxy) is 2. The average Bonchev–Trinajstić information content (AvgIpc) is 3.14.